The average Bonchev–Trinajstić information content (AvgIpc) is 3.67. The summed E-state index contributed by atoms with van der Waals surface area (Å²) < 4.78 is 70.5. The number of aromatic nitrogens is 5. The topological polar surface area (TPSA) is 105 Å². The number of aryl methyl sites for hydroxylation is 1. The van der Waals surface area contributed by atoms with Crippen molar-refractivity contribution in [1.82, 2.24) is 45.6 Å². The zero-order chi connectivity index (χ0) is 31.9. The highest BCUT2D eigenvalue weighted by atomic mass is 19.4. The van der Waals surface area contributed by atoms with Crippen molar-refractivity contribution < 1.29 is 22.0 Å². The van der Waals surface area contributed by atoms with Crippen LogP contribution in [0.15, 0.2) is 41.6 Å². The molecule has 0 spiro atoms. The number of piperidine rings is 1. The molecule has 2 aromatic heterocycles. The van der Waals surface area contributed by atoms with Gasteiger partial charge in [0.15, 0.2) is 5.69 Å². The van der Waals surface area contributed by atoms with Gasteiger partial charge in [0.05, 0.1) is 29.9 Å². The standard InChI is InChI=1S/C30H38F5N9O/c1-17-6-7-24(43-15-26(40-41-43)30(33,34)35)20(10-17)21-12-27(45)42(16-38-21)25-5-3-4-18(2)13-37-23-14-39-44(29(31)32)28(23)19-8-9-36-22(25)11-19/h6-7,10,12,15-16,18-19,22-23,25,28-29,36-37,39H,3-5,8-9,11,13-14H2,1-2H3/t18-,19?,22?,23?,25+,28?/m1/s1. The van der Waals surface area contributed by atoms with E-state index in [1.807, 2.05) is 6.92 Å². The van der Waals surface area contributed by atoms with Crippen molar-refractivity contribution in [1.29, 1.82) is 0 Å². The van der Waals surface area contributed by atoms with E-state index < -0.39 is 18.4 Å². The fraction of sp³-hybridized carbons (Fsp3) is 0.600. The van der Waals surface area contributed by atoms with E-state index >= 15 is 0 Å². The first-order chi connectivity index (χ1) is 21.5. The molecule has 2 bridgehead atoms. The monoisotopic (exact) mass is 635 g/mol. The van der Waals surface area contributed by atoms with Crippen molar-refractivity contribution in [3.05, 3.63) is 58.4 Å². The summed E-state index contributed by atoms with van der Waals surface area (Å²) in [6, 6.07) is 5.64. The molecule has 6 rings (SSSR count). The van der Waals surface area contributed by atoms with E-state index in [1.54, 1.807) is 22.8 Å². The summed E-state index contributed by atoms with van der Waals surface area (Å²) in [7, 11) is 0. The highest BCUT2D eigenvalue weighted by Gasteiger charge is 2.45. The molecule has 3 aromatic rings. The van der Waals surface area contributed by atoms with Gasteiger partial charge in [0.1, 0.15) is 0 Å². The van der Waals surface area contributed by atoms with E-state index in [4.69, 9.17) is 0 Å². The smallest absolute Gasteiger partial charge is 0.312 e. The summed E-state index contributed by atoms with van der Waals surface area (Å²) in [5.41, 5.74) is 3.37. The molecular weight excluding hydrogens is 597 g/mol. The molecule has 5 heterocycles. The van der Waals surface area contributed by atoms with Crippen LogP contribution in [0.5, 0.6) is 0 Å². The average molecular weight is 636 g/mol. The Labute approximate surface area is 257 Å². The van der Waals surface area contributed by atoms with Crippen LogP contribution in [0.25, 0.3) is 16.9 Å². The number of fused-ring (bicyclic) bond motifs is 4. The minimum Gasteiger partial charge on any atom is -0.312 e. The number of hydrazine groups is 1. The van der Waals surface area contributed by atoms with Crippen molar-refractivity contribution in [2.75, 3.05) is 19.6 Å². The van der Waals surface area contributed by atoms with E-state index in [-0.39, 0.29) is 35.6 Å². The second-order valence-corrected chi connectivity index (χ2v) is 12.6. The Balaban J connectivity index is 1.33. The summed E-state index contributed by atoms with van der Waals surface area (Å²) in [5, 5.41) is 15.2. The van der Waals surface area contributed by atoms with Gasteiger partial charge in [-0.15, -0.1) is 5.10 Å². The van der Waals surface area contributed by atoms with Crippen LogP contribution in [0.2, 0.25) is 0 Å². The minimum absolute atomic E-state index is 0.0166. The predicted octanol–water partition coefficient (Wildman–Crippen LogP) is 3.92. The van der Waals surface area contributed by atoms with Gasteiger partial charge in [0.25, 0.3) is 5.56 Å². The molecule has 3 N–H and O–H groups in total. The van der Waals surface area contributed by atoms with E-state index in [2.05, 4.69) is 38.3 Å². The van der Waals surface area contributed by atoms with Crippen LogP contribution in [0.4, 0.5) is 22.0 Å². The Morgan fingerprint density at radius 2 is 1.87 bits per heavy atom. The number of nitrogens with zero attached hydrogens (tertiary/aromatic N) is 6. The summed E-state index contributed by atoms with van der Waals surface area (Å²) in [4.78, 5) is 18.4. The lowest BCUT2D eigenvalue weighted by atomic mass is 9.79. The van der Waals surface area contributed by atoms with Crippen LogP contribution in [-0.4, -0.2) is 73.9 Å². The molecule has 3 aliphatic rings. The fourth-order valence-electron chi connectivity index (χ4n) is 7.19. The first kappa shape index (κ1) is 31.7. The highest BCUT2D eigenvalue weighted by molar-refractivity contribution is 5.70. The largest absolute Gasteiger partial charge is 0.436 e. The lowest BCUT2D eigenvalue weighted by Crippen LogP contribution is -2.56. The third kappa shape index (κ3) is 6.67. The molecule has 0 saturated carbocycles. The maximum Gasteiger partial charge on any atom is 0.436 e. The molecule has 6 atom stereocenters. The van der Waals surface area contributed by atoms with Gasteiger partial charge in [-0.1, -0.05) is 30.2 Å². The molecule has 3 aliphatic heterocycles. The first-order valence-electron chi connectivity index (χ1n) is 15.5. The Morgan fingerprint density at radius 1 is 1.04 bits per heavy atom. The van der Waals surface area contributed by atoms with Crippen molar-refractivity contribution in [2.45, 2.75) is 82.8 Å². The molecule has 0 radical (unpaired) electrons. The number of halogens is 5. The molecule has 1 aromatic carbocycles. The molecule has 10 nitrogen and oxygen atoms in total. The highest BCUT2D eigenvalue weighted by Crippen LogP contribution is 2.35. The number of hydrogen-bond acceptors (Lipinski definition) is 8. The molecular formula is C30H38F5N9O. The lowest BCUT2D eigenvalue weighted by molar-refractivity contribution is -0.141. The van der Waals surface area contributed by atoms with E-state index in [1.165, 1.54) is 12.4 Å². The number of benzene rings is 1. The van der Waals surface area contributed by atoms with Crippen LogP contribution in [0.3, 0.4) is 0 Å². The number of hydrogen-bond donors (Lipinski definition) is 3. The van der Waals surface area contributed by atoms with Gasteiger partial charge in [-0.2, -0.15) is 27.0 Å². The van der Waals surface area contributed by atoms with E-state index in [0.29, 0.717) is 48.8 Å². The molecule has 244 valence electrons. The molecule has 45 heavy (non-hydrogen) atoms. The normalized spacial score (nSPS) is 28.4. The van der Waals surface area contributed by atoms with Crippen LogP contribution in [-0.2, 0) is 6.18 Å². The lowest BCUT2D eigenvalue weighted by Gasteiger charge is -2.42. The fourth-order valence-corrected chi connectivity index (χ4v) is 7.19. The second-order valence-electron chi connectivity index (χ2n) is 12.6. The summed E-state index contributed by atoms with van der Waals surface area (Å²) in [5.74, 6) is 0.308. The van der Waals surface area contributed by atoms with Crippen molar-refractivity contribution in [3.8, 4) is 16.9 Å². The van der Waals surface area contributed by atoms with Crippen molar-refractivity contribution >= 4 is 0 Å². The Bertz CT molecular complexity index is 1540. The van der Waals surface area contributed by atoms with E-state index in [9.17, 15) is 26.7 Å². The number of rotatable bonds is 4. The van der Waals surface area contributed by atoms with Gasteiger partial charge in [-0.25, -0.2) is 15.1 Å². The Hall–Kier alpha value is -3.27. The maximum absolute atomic E-state index is 14.1. The van der Waals surface area contributed by atoms with Crippen molar-refractivity contribution in [2.24, 2.45) is 11.8 Å². The van der Waals surface area contributed by atoms with E-state index in [0.717, 1.165) is 47.3 Å². The van der Waals surface area contributed by atoms with Gasteiger partial charge in [0, 0.05) is 36.3 Å². The van der Waals surface area contributed by atoms with Crippen LogP contribution >= 0.6 is 0 Å². The molecule has 0 amide bonds. The molecule has 0 aliphatic carbocycles. The third-order valence-corrected chi connectivity index (χ3v) is 9.44. The third-order valence-electron chi connectivity index (χ3n) is 9.44. The number of nitrogens with one attached hydrogen (secondary N) is 3. The molecule has 3 fully saturated rings. The number of alkyl halides is 5. The molecule has 4 unspecified atom stereocenters. The molecule has 3 saturated heterocycles. The summed E-state index contributed by atoms with van der Waals surface area (Å²) in [6.45, 7) is 3.17. The zero-order valence-electron chi connectivity index (χ0n) is 25.1. The van der Waals surface area contributed by atoms with Gasteiger partial charge in [-0.3, -0.25) is 9.36 Å². The Morgan fingerprint density at radius 3 is 2.60 bits per heavy atom. The van der Waals surface area contributed by atoms with Gasteiger partial charge in [0.2, 0.25) is 0 Å². The van der Waals surface area contributed by atoms with Crippen LogP contribution in [0.1, 0.15) is 56.3 Å². The first-order valence-corrected chi connectivity index (χ1v) is 15.5. The van der Waals surface area contributed by atoms with Crippen LogP contribution < -0.4 is 21.6 Å². The van der Waals surface area contributed by atoms with Gasteiger partial charge < -0.3 is 10.6 Å². The maximum atomic E-state index is 14.1. The van der Waals surface area contributed by atoms with Crippen molar-refractivity contribution in [3.63, 3.8) is 0 Å². The van der Waals surface area contributed by atoms with Crippen LogP contribution in [0, 0.1) is 18.8 Å². The second kappa shape index (κ2) is 12.9. The Kier molecular flexibility index (Phi) is 9.05. The quantitative estimate of drug-likeness (QED) is 0.293. The summed E-state index contributed by atoms with van der Waals surface area (Å²) >= 11 is 0. The summed E-state index contributed by atoms with van der Waals surface area (Å²) in [6.07, 6.45) is 1.51. The SMILES string of the molecule is Cc1ccc(-n2cc(C(F)(F)F)nn2)c(-c2cc(=O)n([C@H]3CCC[C@@H](C)CNC4CNN(C(F)F)C4C4CCNC3C4)cn2)c1. The van der Waals surface area contributed by atoms with Gasteiger partial charge >= 0.3 is 12.7 Å². The predicted molar refractivity (Wildman–Crippen MR) is 157 cm³/mol. The minimum atomic E-state index is -4.65. The molecule has 15 heteroatoms. The zero-order valence-corrected chi connectivity index (χ0v) is 25.1. The van der Waals surface area contributed by atoms with Gasteiger partial charge in [-0.05, 0) is 69.7 Å².